The molecule has 0 fully saturated rings. The second-order valence-corrected chi connectivity index (χ2v) is 2.02. The molecule has 1 heterocycles. The van der Waals surface area contributed by atoms with Gasteiger partial charge in [0.25, 0.3) is 0 Å². The summed E-state index contributed by atoms with van der Waals surface area (Å²) in [5.41, 5.74) is 0. The Morgan fingerprint density at radius 3 is 3.00 bits per heavy atom. The Balaban J connectivity index is 2.65. The molecule has 3 nitrogen and oxygen atoms in total. The summed E-state index contributed by atoms with van der Waals surface area (Å²) >= 11 is 0. The molecule has 1 atom stereocenters. The van der Waals surface area contributed by atoms with Gasteiger partial charge in [-0.15, -0.1) is 0 Å². The number of aliphatic hydroxyl groups excluding tert-OH is 1. The van der Waals surface area contributed by atoms with Gasteiger partial charge < -0.3 is 5.11 Å². The Labute approximate surface area is 53.9 Å². The Morgan fingerprint density at radius 1 is 1.78 bits per heavy atom. The normalized spacial score (nSPS) is 13.6. The van der Waals surface area contributed by atoms with Gasteiger partial charge in [-0.25, -0.2) is 0 Å². The SMILES string of the molecule is C[C@@H](CO)n1cccn1. The Kier molecular flexibility index (Phi) is 1.85. The van der Waals surface area contributed by atoms with Crippen LogP contribution in [0.1, 0.15) is 13.0 Å². The highest BCUT2D eigenvalue weighted by molar-refractivity contribution is 4.79. The highest BCUT2D eigenvalue weighted by atomic mass is 16.3. The van der Waals surface area contributed by atoms with Crippen molar-refractivity contribution in [1.29, 1.82) is 0 Å². The number of rotatable bonds is 2. The first-order valence-corrected chi connectivity index (χ1v) is 2.94. The first-order chi connectivity index (χ1) is 4.34. The molecular formula is C6H10N2O. The average molecular weight is 126 g/mol. The molecule has 9 heavy (non-hydrogen) atoms. The van der Waals surface area contributed by atoms with Crippen molar-refractivity contribution in [2.45, 2.75) is 13.0 Å². The first kappa shape index (κ1) is 6.29. The Morgan fingerprint density at radius 2 is 2.56 bits per heavy atom. The smallest absolute Gasteiger partial charge is 0.0721 e. The number of hydrogen-bond donors (Lipinski definition) is 1. The number of hydrogen-bond acceptors (Lipinski definition) is 2. The summed E-state index contributed by atoms with van der Waals surface area (Å²) in [5, 5.41) is 12.6. The fraction of sp³-hybridized carbons (Fsp3) is 0.500. The van der Waals surface area contributed by atoms with E-state index in [2.05, 4.69) is 5.10 Å². The lowest BCUT2D eigenvalue weighted by molar-refractivity contribution is 0.230. The van der Waals surface area contributed by atoms with Crippen molar-refractivity contribution in [3.63, 3.8) is 0 Å². The second kappa shape index (κ2) is 2.64. The lowest BCUT2D eigenvalue weighted by Gasteiger charge is -2.06. The van der Waals surface area contributed by atoms with Gasteiger partial charge in [-0.05, 0) is 13.0 Å². The first-order valence-electron chi connectivity index (χ1n) is 2.94. The topological polar surface area (TPSA) is 38.0 Å². The minimum atomic E-state index is 0.0972. The van der Waals surface area contributed by atoms with Crippen molar-refractivity contribution in [2.24, 2.45) is 0 Å². The van der Waals surface area contributed by atoms with E-state index in [9.17, 15) is 0 Å². The van der Waals surface area contributed by atoms with Crippen LogP contribution in [0.2, 0.25) is 0 Å². The summed E-state index contributed by atoms with van der Waals surface area (Å²) in [4.78, 5) is 0. The summed E-state index contributed by atoms with van der Waals surface area (Å²) in [6, 6.07) is 1.94. The van der Waals surface area contributed by atoms with E-state index in [0.29, 0.717) is 0 Å². The van der Waals surface area contributed by atoms with Crippen LogP contribution in [0.5, 0.6) is 0 Å². The van der Waals surface area contributed by atoms with Crippen LogP contribution in [0.25, 0.3) is 0 Å². The Hall–Kier alpha value is -0.830. The van der Waals surface area contributed by atoms with Gasteiger partial charge in [0.2, 0.25) is 0 Å². The van der Waals surface area contributed by atoms with Crippen molar-refractivity contribution >= 4 is 0 Å². The minimum absolute atomic E-state index is 0.0972. The van der Waals surface area contributed by atoms with Crippen LogP contribution in [0.15, 0.2) is 18.5 Å². The molecule has 0 saturated heterocycles. The van der Waals surface area contributed by atoms with Gasteiger partial charge in [-0.2, -0.15) is 5.10 Å². The van der Waals surface area contributed by atoms with E-state index in [1.54, 1.807) is 10.9 Å². The molecule has 0 bridgehead atoms. The fourth-order valence-corrected chi connectivity index (χ4v) is 0.625. The van der Waals surface area contributed by atoms with Crippen molar-refractivity contribution in [3.8, 4) is 0 Å². The summed E-state index contributed by atoms with van der Waals surface area (Å²) < 4.78 is 1.72. The van der Waals surface area contributed by atoms with E-state index in [-0.39, 0.29) is 12.6 Å². The van der Waals surface area contributed by atoms with Crippen LogP contribution in [-0.2, 0) is 0 Å². The Bertz CT molecular complexity index is 160. The van der Waals surface area contributed by atoms with Crippen molar-refractivity contribution in [3.05, 3.63) is 18.5 Å². The highest BCUT2D eigenvalue weighted by Crippen LogP contribution is 1.99. The third-order valence-corrected chi connectivity index (χ3v) is 1.24. The molecule has 1 aromatic rings. The van der Waals surface area contributed by atoms with E-state index in [1.807, 2.05) is 19.2 Å². The third kappa shape index (κ3) is 1.29. The summed E-state index contributed by atoms with van der Waals surface area (Å²) in [5.74, 6) is 0. The lowest BCUT2D eigenvalue weighted by atomic mass is 10.4. The minimum Gasteiger partial charge on any atom is -0.394 e. The monoisotopic (exact) mass is 126 g/mol. The van der Waals surface area contributed by atoms with Gasteiger partial charge >= 0.3 is 0 Å². The van der Waals surface area contributed by atoms with Crippen LogP contribution >= 0.6 is 0 Å². The van der Waals surface area contributed by atoms with Gasteiger partial charge in [-0.3, -0.25) is 4.68 Å². The van der Waals surface area contributed by atoms with Crippen molar-refractivity contribution in [1.82, 2.24) is 9.78 Å². The van der Waals surface area contributed by atoms with Crippen LogP contribution in [0.3, 0.4) is 0 Å². The number of aromatic nitrogens is 2. The van der Waals surface area contributed by atoms with Crippen molar-refractivity contribution in [2.75, 3.05) is 6.61 Å². The van der Waals surface area contributed by atoms with Gasteiger partial charge in [-0.1, -0.05) is 0 Å². The van der Waals surface area contributed by atoms with Crippen LogP contribution in [0.4, 0.5) is 0 Å². The fourth-order valence-electron chi connectivity index (χ4n) is 0.625. The summed E-state index contributed by atoms with van der Waals surface area (Å²) in [6.45, 7) is 2.05. The number of nitrogens with zero attached hydrogens (tertiary/aromatic N) is 2. The van der Waals surface area contributed by atoms with Gasteiger partial charge in [0.1, 0.15) is 0 Å². The standard InChI is InChI=1S/C6H10N2O/c1-6(5-9)8-4-2-3-7-8/h2-4,6,9H,5H2,1H3/t6-/m0/s1. The highest BCUT2D eigenvalue weighted by Gasteiger charge is 1.98. The maximum atomic E-state index is 8.65. The van der Waals surface area contributed by atoms with E-state index in [0.717, 1.165) is 0 Å². The quantitative estimate of drug-likeness (QED) is 0.624. The lowest BCUT2D eigenvalue weighted by Crippen LogP contribution is -2.08. The molecule has 0 aliphatic carbocycles. The molecule has 0 aliphatic rings. The van der Waals surface area contributed by atoms with Crippen molar-refractivity contribution < 1.29 is 5.11 Å². The summed E-state index contributed by atoms with van der Waals surface area (Å²) in [7, 11) is 0. The average Bonchev–Trinajstić information content (AvgIpc) is 2.37. The van der Waals surface area contributed by atoms with E-state index >= 15 is 0 Å². The molecule has 1 rings (SSSR count). The molecule has 50 valence electrons. The molecule has 0 aromatic carbocycles. The van der Waals surface area contributed by atoms with Gasteiger partial charge in [0, 0.05) is 12.4 Å². The maximum Gasteiger partial charge on any atom is 0.0721 e. The molecule has 0 radical (unpaired) electrons. The molecule has 0 amide bonds. The molecule has 1 aromatic heterocycles. The maximum absolute atomic E-state index is 8.65. The molecule has 1 N–H and O–H groups in total. The zero-order valence-corrected chi connectivity index (χ0v) is 5.36. The van der Waals surface area contributed by atoms with Crippen LogP contribution < -0.4 is 0 Å². The largest absolute Gasteiger partial charge is 0.394 e. The molecule has 0 unspecified atom stereocenters. The van der Waals surface area contributed by atoms with Crippen LogP contribution in [0, 0.1) is 0 Å². The molecule has 3 heteroatoms. The molecule has 0 aliphatic heterocycles. The van der Waals surface area contributed by atoms with Gasteiger partial charge in [0.05, 0.1) is 12.6 Å². The van der Waals surface area contributed by atoms with Gasteiger partial charge in [0.15, 0.2) is 0 Å². The van der Waals surface area contributed by atoms with E-state index in [4.69, 9.17) is 5.11 Å². The molecule has 0 spiro atoms. The molecule has 0 saturated carbocycles. The number of aliphatic hydroxyl groups is 1. The van der Waals surface area contributed by atoms with E-state index in [1.165, 1.54) is 0 Å². The predicted octanol–water partition coefficient (Wildman–Crippen LogP) is 0.436. The van der Waals surface area contributed by atoms with E-state index < -0.39 is 0 Å². The second-order valence-electron chi connectivity index (χ2n) is 2.02. The predicted molar refractivity (Wildman–Crippen MR) is 34.0 cm³/mol. The zero-order chi connectivity index (χ0) is 6.69. The zero-order valence-electron chi connectivity index (χ0n) is 5.36. The molecular weight excluding hydrogens is 116 g/mol. The summed E-state index contributed by atoms with van der Waals surface area (Å²) in [6.07, 6.45) is 3.53. The van der Waals surface area contributed by atoms with Crippen LogP contribution in [-0.4, -0.2) is 21.5 Å². The third-order valence-electron chi connectivity index (χ3n) is 1.24.